The summed E-state index contributed by atoms with van der Waals surface area (Å²) in [6, 6.07) is 5.25. The van der Waals surface area contributed by atoms with Crippen molar-refractivity contribution in [2.45, 2.75) is 33.2 Å². The minimum absolute atomic E-state index is 0.0266. The Balaban J connectivity index is 2.47. The summed E-state index contributed by atoms with van der Waals surface area (Å²) >= 11 is 5.23. The summed E-state index contributed by atoms with van der Waals surface area (Å²) in [5.74, 6) is 0.695. The second-order valence-electron chi connectivity index (χ2n) is 4.35. The molecule has 96 valence electrons. The van der Waals surface area contributed by atoms with Crippen molar-refractivity contribution in [3.63, 3.8) is 0 Å². The highest BCUT2D eigenvalue weighted by molar-refractivity contribution is 7.71. The number of H-pyrrole nitrogens is 1. The van der Waals surface area contributed by atoms with Crippen LogP contribution in [0.2, 0.25) is 0 Å². The van der Waals surface area contributed by atoms with Crippen LogP contribution in [0.25, 0.3) is 0 Å². The van der Waals surface area contributed by atoms with E-state index in [0.717, 1.165) is 17.8 Å². The SMILES string of the molecule is CCc1n[nH]c(=S)n1C(C)c1ccc(C)c(F)c1. The molecule has 1 atom stereocenters. The van der Waals surface area contributed by atoms with Crippen LogP contribution in [0.3, 0.4) is 0 Å². The molecule has 2 aromatic rings. The normalized spacial score (nSPS) is 12.7. The number of hydrogen-bond acceptors (Lipinski definition) is 2. The van der Waals surface area contributed by atoms with Gasteiger partial charge in [-0.1, -0.05) is 19.1 Å². The van der Waals surface area contributed by atoms with E-state index in [1.165, 1.54) is 0 Å². The maximum absolute atomic E-state index is 13.6. The average molecular weight is 265 g/mol. The Hall–Kier alpha value is -1.49. The van der Waals surface area contributed by atoms with Crippen molar-refractivity contribution in [2.75, 3.05) is 0 Å². The van der Waals surface area contributed by atoms with Crippen LogP contribution in [0.5, 0.6) is 0 Å². The molecule has 0 bridgehead atoms. The summed E-state index contributed by atoms with van der Waals surface area (Å²) < 4.78 is 16.1. The quantitative estimate of drug-likeness (QED) is 0.861. The Morgan fingerprint density at radius 1 is 1.50 bits per heavy atom. The van der Waals surface area contributed by atoms with Gasteiger partial charge >= 0.3 is 0 Å². The molecular weight excluding hydrogens is 249 g/mol. The zero-order chi connectivity index (χ0) is 13.3. The molecule has 0 aliphatic carbocycles. The fourth-order valence-corrected chi connectivity index (χ4v) is 2.31. The lowest BCUT2D eigenvalue weighted by atomic mass is 10.1. The lowest BCUT2D eigenvalue weighted by Gasteiger charge is -2.16. The van der Waals surface area contributed by atoms with E-state index in [0.29, 0.717) is 10.3 Å². The highest BCUT2D eigenvalue weighted by Crippen LogP contribution is 2.21. The van der Waals surface area contributed by atoms with Gasteiger partial charge in [-0.05, 0) is 43.3 Å². The first-order chi connectivity index (χ1) is 8.54. The molecule has 0 aliphatic heterocycles. The number of aromatic amines is 1. The second-order valence-corrected chi connectivity index (χ2v) is 4.74. The highest BCUT2D eigenvalue weighted by Gasteiger charge is 2.14. The number of benzene rings is 1. The first-order valence-corrected chi connectivity index (χ1v) is 6.37. The lowest BCUT2D eigenvalue weighted by molar-refractivity contribution is 0.580. The number of nitrogens with zero attached hydrogens (tertiary/aromatic N) is 2. The van der Waals surface area contributed by atoms with E-state index in [9.17, 15) is 4.39 Å². The molecule has 1 N–H and O–H groups in total. The van der Waals surface area contributed by atoms with Gasteiger partial charge < -0.3 is 0 Å². The molecule has 0 radical (unpaired) electrons. The minimum atomic E-state index is -0.188. The molecule has 0 amide bonds. The maximum Gasteiger partial charge on any atom is 0.195 e. The van der Waals surface area contributed by atoms with Gasteiger partial charge in [0.25, 0.3) is 0 Å². The van der Waals surface area contributed by atoms with Crippen LogP contribution >= 0.6 is 12.2 Å². The van der Waals surface area contributed by atoms with Crippen LogP contribution < -0.4 is 0 Å². The predicted octanol–water partition coefficient (Wildman–Crippen LogP) is 3.56. The van der Waals surface area contributed by atoms with Crippen LogP contribution in [0.4, 0.5) is 4.39 Å². The first-order valence-electron chi connectivity index (χ1n) is 5.96. The van der Waals surface area contributed by atoms with E-state index < -0.39 is 0 Å². The number of aryl methyl sites for hydroxylation is 2. The van der Waals surface area contributed by atoms with E-state index in [4.69, 9.17) is 12.2 Å². The third-order valence-corrected chi connectivity index (χ3v) is 3.45. The smallest absolute Gasteiger partial charge is 0.195 e. The third kappa shape index (κ3) is 2.22. The van der Waals surface area contributed by atoms with E-state index in [2.05, 4.69) is 10.2 Å². The van der Waals surface area contributed by atoms with Gasteiger partial charge in [-0.25, -0.2) is 4.39 Å². The molecule has 1 aromatic heterocycles. The maximum atomic E-state index is 13.6. The Morgan fingerprint density at radius 2 is 2.22 bits per heavy atom. The molecule has 0 aliphatic rings. The van der Waals surface area contributed by atoms with Gasteiger partial charge in [0, 0.05) is 6.42 Å². The van der Waals surface area contributed by atoms with Crippen molar-refractivity contribution in [1.82, 2.24) is 14.8 Å². The fourth-order valence-electron chi connectivity index (χ4n) is 2.00. The number of nitrogens with one attached hydrogen (secondary N) is 1. The zero-order valence-electron chi connectivity index (χ0n) is 10.7. The highest BCUT2D eigenvalue weighted by atomic mass is 32.1. The van der Waals surface area contributed by atoms with Gasteiger partial charge in [0.15, 0.2) is 4.77 Å². The average Bonchev–Trinajstić information content (AvgIpc) is 2.73. The van der Waals surface area contributed by atoms with Crippen LogP contribution in [0.15, 0.2) is 18.2 Å². The minimum Gasteiger partial charge on any atom is -0.297 e. The Bertz CT molecular complexity index is 615. The molecule has 0 spiro atoms. The Labute approximate surface area is 111 Å². The molecule has 1 heterocycles. The second kappa shape index (κ2) is 5.02. The first kappa shape index (κ1) is 13.0. The van der Waals surface area contributed by atoms with Crippen molar-refractivity contribution in [3.05, 3.63) is 45.7 Å². The molecule has 18 heavy (non-hydrogen) atoms. The topological polar surface area (TPSA) is 33.6 Å². The number of aromatic nitrogens is 3. The van der Waals surface area contributed by atoms with E-state index in [-0.39, 0.29) is 11.9 Å². The zero-order valence-corrected chi connectivity index (χ0v) is 11.5. The summed E-state index contributed by atoms with van der Waals surface area (Å²) in [5, 5.41) is 6.96. The van der Waals surface area contributed by atoms with Crippen LogP contribution in [0, 0.1) is 17.5 Å². The summed E-state index contributed by atoms with van der Waals surface area (Å²) in [5.41, 5.74) is 1.54. The Kier molecular flexibility index (Phi) is 3.61. The van der Waals surface area contributed by atoms with Gasteiger partial charge in [-0.15, -0.1) is 0 Å². The number of rotatable bonds is 3. The van der Waals surface area contributed by atoms with Crippen molar-refractivity contribution in [2.24, 2.45) is 0 Å². The summed E-state index contributed by atoms with van der Waals surface area (Å²) in [6.07, 6.45) is 0.784. The molecule has 0 fully saturated rings. The monoisotopic (exact) mass is 265 g/mol. The third-order valence-electron chi connectivity index (χ3n) is 3.16. The summed E-state index contributed by atoms with van der Waals surface area (Å²) in [7, 11) is 0. The lowest BCUT2D eigenvalue weighted by Crippen LogP contribution is -2.11. The van der Waals surface area contributed by atoms with Crippen molar-refractivity contribution >= 4 is 12.2 Å². The molecule has 5 heteroatoms. The molecule has 3 nitrogen and oxygen atoms in total. The van der Waals surface area contributed by atoms with Crippen LogP contribution in [-0.4, -0.2) is 14.8 Å². The fraction of sp³-hybridized carbons (Fsp3) is 0.385. The standard InChI is InChI=1S/C13H16FN3S/c1-4-12-15-16-13(18)17(12)9(3)10-6-5-8(2)11(14)7-10/h5-7,9H,4H2,1-3H3,(H,16,18). The molecule has 0 saturated carbocycles. The predicted molar refractivity (Wildman–Crippen MR) is 71.7 cm³/mol. The Morgan fingerprint density at radius 3 is 2.83 bits per heavy atom. The van der Waals surface area contributed by atoms with Crippen molar-refractivity contribution in [1.29, 1.82) is 0 Å². The van der Waals surface area contributed by atoms with Crippen molar-refractivity contribution in [3.8, 4) is 0 Å². The number of hydrogen-bond donors (Lipinski definition) is 1. The van der Waals surface area contributed by atoms with Crippen molar-refractivity contribution < 1.29 is 4.39 Å². The van der Waals surface area contributed by atoms with Crippen LogP contribution in [0.1, 0.15) is 36.8 Å². The summed E-state index contributed by atoms with van der Waals surface area (Å²) in [6.45, 7) is 5.77. The van der Waals surface area contributed by atoms with Crippen LogP contribution in [-0.2, 0) is 6.42 Å². The van der Waals surface area contributed by atoms with E-state index >= 15 is 0 Å². The van der Waals surface area contributed by atoms with Gasteiger partial charge in [0.05, 0.1) is 6.04 Å². The molecule has 1 aromatic carbocycles. The van der Waals surface area contributed by atoms with Gasteiger partial charge in [0.2, 0.25) is 0 Å². The van der Waals surface area contributed by atoms with E-state index in [1.54, 1.807) is 19.1 Å². The van der Waals surface area contributed by atoms with Gasteiger partial charge in [0.1, 0.15) is 11.6 Å². The number of halogens is 1. The van der Waals surface area contributed by atoms with Gasteiger partial charge in [-0.2, -0.15) is 5.10 Å². The van der Waals surface area contributed by atoms with Gasteiger partial charge in [-0.3, -0.25) is 9.67 Å². The summed E-state index contributed by atoms with van der Waals surface area (Å²) in [4.78, 5) is 0. The molecule has 1 unspecified atom stereocenters. The molecular formula is C13H16FN3S. The largest absolute Gasteiger partial charge is 0.297 e. The van der Waals surface area contributed by atoms with E-state index in [1.807, 2.05) is 24.5 Å². The molecule has 2 rings (SSSR count). The molecule has 0 saturated heterocycles.